The highest BCUT2D eigenvalue weighted by molar-refractivity contribution is 5.71. The minimum Gasteiger partial charge on any atom is -0.462 e. The van der Waals surface area contributed by atoms with Crippen molar-refractivity contribution in [2.45, 2.75) is 207 Å². The fourth-order valence-electron chi connectivity index (χ4n) is 5.67. The van der Waals surface area contributed by atoms with Crippen molar-refractivity contribution in [3.63, 3.8) is 0 Å². The number of rotatable bonds is 38. The third-order valence-electron chi connectivity index (χ3n) is 8.98. The van der Waals surface area contributed by atoms with E-state index in [9.17, 15) is 14.4 Å². The second-order valence-electron chi connectivity index (χ2n) is 14.2. The van der Waals surface area contributed by atoms with E-state index < -0.39 is 6.10 Å². The van der Waals surface area contributed by atoms with Crippen LogP contribution in [0.25, 0.3) is 0 Å². The van der Waals surface area contributed by atoms with Crippen LogP contribution in [0.15, 0.2) is 60.8 Å². The van der Waals surface area contributed by atoms with Gasteiger partial charge in [0.2, 0.25) is 0 Å². The lowest BCUT2D eigenvalue weighted by atomic mass is 10.1. The van der Waals surface area contributed by atoms with Gasteiger partial charge in [0.15, 0.2) is 6.10 Å². The molecule has 1 atom stereocenters. The number of unbranched alkanes of at least 4 members (excludes halogenated alkanes) is 17. The molecular formula is C47H80O6. The molecule has 0 N–H and O–H groups in total. The van der Waals surface area contributed by atoms with Gasteiger partial charge in [-0.25, -0.2) is 0 Å². The summed E-state index contributed by atoms with van der Waals surface area (Å²) in [4.78, 5) is 37.6. The maximum atomic E-state index is 12.6. The van der Waals surface area contributed by atoms with E-state index in [0.717, 1.165) is 96.3 Å². The number of esters is 3. The molecule has 6 nitrogen and oxygen atoms in total. The SMILES string of the molecule is CC/C=C\C/C=C\C/C=C\CCCCCCCCC(=O)OCC(COC(=O)CCC/C=C\CCCCCC)OC(=O)CCCCCC/C=C\CCCC. The molecule has 0 aromatic rings. The maximum absolute atomic E-state index is 12.6. The van der Waals surface area contributed by atoms with Gasteiger partial charge in [0.25, 0.3) is 0 Å². The van der Waals surface area contributed by atoms with Gasteiger partial charge in [-0.05, 0) is 89.9 Å². The molecule has 0 amide bonds. The minimum atomic E-state index is -0.792. The fraction of sp³-hybridized carbons (Fsp3) is 0.723. The van der Waals surface area contributed by atoms with Crippen molar-refractivity contribution in [1.82, 2.24) is 0 Å². The average Bonchev–Trinajstić information content (AvgIpc) is 3.15. The highest BCUT2D eigenvalue weighted by atomic mass is 16.6. The number of hydrogen-bond acceptors (Lipinski definition) is 6. The monoisotopic (exact) mass is 741 g/mol. The van der Waals surface area contributed by atoms with Crippen LogP contribution in [0.5, 0.6) is 0 Å². The van der Waals surface area contributed by atoms with E-state index in [1.165, 1.54) is 57.8 Å². The van der Waals surface area contributed by atoms with Crippen LogP contribution in [-0.4, -0.2) is 37.2 Å². The van der Waals surface area contributed by atoms with Gasteiger partial charge in [0, 0.05) is 19.3 Å². The van der Waals surface area contributed by atoms with Crippen LogP contribution in [-0.2, 0) is 28.6 Å². The summed E-state index contributed by atoms with van der Waals surface area (Å²) in [7, 11) is 0. The molecule has 304 valence electrons. The minimum absolute atomic E-state index is 0.0950. The topological polar surface area (TPSA) is 78.9 Å². The van der Waals surface area contributed by atoms with E-state index in [-0.39, 0.29) is 31.1 Å². The average molecular weight is 741 g/mol. The molecule has 0 radical (unpaired) electrons. The standard InChI is InChI=1S/C47H80O6/c1-4-7-10-13-16-19-21-22-23-24-25-26-29-31-34-37-40-46(49)52-43-44(42-51-45(48)39-36-33-30-27-18-15-12-9-6-3)53-47(50)41-38-35-32-28-20-17-14-11-8-5-2/h7,10,14,16-17,19,22-23,27,30,44H,4-6,8-9,11-13,15,18,20-21,24-26,28-29,31-43H2,1-3H3/b10-7-,17-14-,19-16-,23-22-,30-27-. The number of hydrogen-bond donors (Lipinski definition) is 0. The summed E-state index contributed by atoms with van der Waals surface area (Å²) in [6.45, 7) is 6.38. The van der Waals surface area contributed by atoms with Crippen molar-refractivity contribution in [2.24, 2.45) is 0 Å². The lowest BCUT2D eigenvalue weighted by Crippen LogP contribution is -2.30. The largest absolute Gasteiger partial charge is 0.462 e. The Morgan fingerprint density at radius 2 is 0.774 bits per heavy atom. The van der Waals surface area contributed by atoms with E-state index in [4.69, 9.17) is 14.2 Å². The lowest BCUT2D eigenvalue weighted by molar-refractivity contribution is -0.167. The zero-order valence-corrected chi connectivity index (χ0v) is 34.5. The predicted molar refractivity (Wildman–Crippen MR) is 224 cm³/mol. The zero-order chi connectivity index (χ0) is 38.7. The summed E-state index contributed by atoms with van der Waals surface area (Å²) in [6.07, 6.45) is 49.3. The normalized spacial score (nSPS) is 12.6. The first-order valence-corrected chi connectivity index (χ1v) is 21.8. The quantitative estimate of drug-likeness (QED) is 0.0271. The first-order chi connectivity index (χ1) is 26.0. The van der Waals surface area contributed by atoms with Gasteiger partial charge in [-0.15, -0.1) is 0 Å². The number of allylic oxidation sites excluding steroid dienone is 10. The van der Waals surface area contributed by atoms with Gasteiger partial charge in [-0.2, -0.15) is 0 Å². The molecular weight excluding hydrogens is 661 g/mol. The number of carbonyl (C=O) groups excluding carboxylic acids is 3. The summed E-state index contributed by atoms with van der Waals surface area (Å²) in [5.74, 6) is -0.965. The number of carbonyl (C=O) groups is 3. The van der Waals surface area contributed by atoms with Gasteiger partial charge < -0.3 is 14.2 Å². The molecule has 0 heterocycles. The molecule has 6 heteroatoms. The first-order valence-electron chi connectivity index (χ1n) is 21.8. The summed E-state index contributed by atoms with van der Waals surface area (Å²) < 4.78 is 16.6. The van der Waals surface area contributed by atoms with E-state index in [0.29, 0.717) is 25.7 Å². The molecule has 0 aliphatic carbocycles. The van der Waals surface area contributed by atoms with Crippen molar-refractivity contribution in [2.75, 3.05) is 13.2 Å². The highest BCUT2D eigenvalue weighted by Crippen LogP contribution is 2.12. The smallest absolute Gasteiger partial charge is 0.306 e. The predicted octanol–water partition coefficient (Wildman–Crippen LogP) is 13.7. The van der Waals surface area contributed by atoms with Crippen molar-refractivity contribution in [3.8, 4) is 0 Å². The van der Waals surface area contributed by atoms with Crippen molar-refractivity contribution in [1.29, 1.82) is 0 Å². The highest BCUT2D eigenvalue weighted by Gasteiger charge is 2.19. The molecule has 0 saturated heterocycles. The Balaban J connectivity index is 4.39. The summed E-state index contributed by atoms with van der Waals surface area (Å²) >= 11 is 0. The van der Waals surface area contributed by atoms with E-state index in [2.05, 4.69) is 81.5 Å². The molecule has 0 spiro atoms. The van der Waals surface area contributed by atoms with Gasteiger partial charge in [0.05, 0.1) is 0 Å². The number of ether oxygens (including phenoxy) is 3. The first kappa shape index (κ1) is 50.1. The van der Waals surface area contributed by atoms with Crippen LogP contribution in [0.3, 0.4) is 0 Å². The Morgan fingerprint density at radius 3 is 1.30 bits per heavy atom. The van der Waals surface area contributed by atoms with E-state index in [1.54, 1.807) is 0 Å². The molecule has 0 bridgehead atoms. The fourth-order valence-corrected chi connectivity index (χ4v) is 5.67. The molecule has 0 saturated carbocycles. The summed E-state index contributed by atoms with van der Waals surface area (Å²) in [6, 6.07) is 0. The molecule has 0 fully saturated rings. The van der Waals surface area contributed by atoms with Gasteiger partial charge in [-0.1, -0.05) is 152 Å². The van der Waals surface area contributed by atoms with E-state index in [1.807, 2.05) is 0 Å². The Kier molecular flexibility index (Phi) is 39.6. The van der Waals surface area contributed by atoms with Crippen LogP contribution >= 0.6 is 0 Å². The molecule has 53 heavy (non-hydrogen) atoms. The van der Waals surface area contributed by atoms with Crippen LogP contribution in [0.1, 0.15) is 201 Å². The molecule has 0 rings (SSSR count). The molecule has 0 aliphatic heterocycles. The Morgan fingerprint density at radius 1 is 0.396 bits per heavy atom. The third kappa shape index (κ3) is 40.1. The third-order valence-corrected chi connectivity index (χ3v) is 8.98. The van der Waals surface area contributed by atoms with Crippen LogP contribution < -0.4 is 0 Å². The Hall–Kier alpha value is -2.89. The Bertz CT molecular complexity index is 991. The molecule has 0 aliphatic rings. The van der Waals surface area contributed by atoms with Gasteiger partial charge >= 0.3 is 17.9 Å². The second kappa shape index (κ2) is 41.9. The lowest BCUT2D eigenvalue weighted by Gasteiger charge is -2.18. The Labute approximate surface area is 326 Å². The van der Waals surface area contributed by atoms with Crippen molar-refractivity contribution < 1.29 is 28.6 Å². The maximum Gasteiger partial charge on any atom is 0.306 e. The summed E-state index contributed by atoms with van der Waals surface area (Å²) in [5.41, 5.74) is 0. The van der Waals surface area contributed by atoms with Gasteiger partial charge in [-0.3, -0.25) is 14.4 Å². The van der Waals surface area contributed by atoms with Crippen LogP contribution in [0.4, 0.5) is 0 Å². The van der Waals surface area contributed by atoms with Crippen LogP contribution in [0, 0.1) is 0 Å². The zero-order valence-electron chi connectivity index (χ0n) is 34.5. The van der Waals surface area contributed by atoms with Gasteiger partial charge in [0.1, 0.15) is 13.2 Å². The second-order valence-corrected chi connectivity index (χ2v) is 14.2. The molecule has 0 aromatic heterocycles. The molecule has 1 unspecified atom stereocenters. The molecule has 0 aromatic carbocycles. The van der Waals surface area contributed by atoms with Crippen molar-refractivity contribution in [3.05, 3.63) is 60.8 Å². The van der Waals surface area contributed by atoms with Crippen LogP contribution in [0.2, 0.25) is 0 Å². The van der Waals surface area contributed by atoms with Crippen molar-refractivity contribution >= 4 is 17.9 Å². The summed E-state index contributed by atoms with van der Waals surface area (Å²) in [5, 5.41) is 0. The van der Waals surface area contributed by atoms with E-state index >= 15 is 0 Å².